The van der Waals surface area contributed by atoms with E-state index in [9.17, 15) is 4.79 Å². The normalized spacial score (nSPS) is 14.3. The van der Waals surface area contributed by atoms with E-state index in [2.05, 4.69) is 18.2 Å². The molecule has 1 aromatic carbocycles. The number of amides is 1. The molecule has 2 nitrogen and oxygen atoms in total. The van der Waals surface area contributed by atoms with Crippen LogP contribution in [0.5, 0.6) is 0 Å². The van der Waals surface area contributed by atoms with Crippen LogP contribution in [0.3, 0.4) is 0 Å². The van der Waals surface area contributed by atoms with E-state index in [4.69, 9.17) is 11.6 Å². The molecule has 2 heterocycles. The fraction of sp³-hybridized carbons (Fsp3) is 0.267. The van der Waals surface area contributed by atoms with Gasteiger partial charge in [0.2, 0.25) is 5.91 Å². The maximum atomic E-state index is 11.6. The lowest BCUT2D eigenvalue weighted by Gasteiger charge is -2.28. The lowest BCUT2D eigenvalue weighted by atomic mass is 9.98. The number of halogens is 1. The number of rotatable bonds is 1. The summed E-state index contributed by atoms with van der Waals surface area (Å²) in [6.07, 6.45) is 2.06. The molecule has 0 atom stereocenters. The summed E-state index contributed by atoms with van der Waals surface area (Å²) in [5.74, 6) is 0.118. The van der Waals surface area contributed by atoms with Crippen molar-refractivity contribution in [3.8, 4) is 10.4 Å². The number of hydrogen-bond donors (Lipinski definition) is 0. The van der Waals surface area contributed by atoms with Gasteiger partial charge >= 0.3 is 0 Å². The molecule has 1 aliphatic heterocycles. The van der Waals surface area contributed by atoms with Crippen LogP contribution < -0.4 is 4.90 Å². The molecule has 19 heavy (non-hydrogen) atoms. The number of aryl methyl sites for hydroxylation is 1. The second kappa shape index (κ2) is 4.99. The first-order valence-corrected chi connectivity index (χ1v) is 7.51. The summed E-state index contributed by atoms with van der Waals surface area (Å²) >= 11 is 7.57. The van der Waals surface area contributed by atoms with Crippen molar-refractivity contribution in [3.05, 3.63) is 40.2 Å². The van der Waals surface area contributed by atoms with E-state index in [1.54, 1.807) is 18.3 Å². The number of hydrogen-bond acceptors (Lipinski definition) is 2. The summed E-state index contributed by atoms with van der Waals surface area (Å²) in [5.41, 5.74) is 3.50. The number of benzene rings is 1. The van der Waals surface area contributed by atoms with E-state index < -0.39 is 0 Å². The van der Waals surface area contributed by atoms with Crippen molar-refractivity contribution in [2.45, 2.75) is 19.8 Å². The Hall–Kier alpha value is -1.32. The number of thiophene rings is 1. The van der Waals surface area contributed by atoms with Crippen molar-refractivity contribution in [1.29, 1.82) is 0 Å². The molecule has 98 valence electrons. The molecule has 1 amide bonds. The number of carbonyl (C=O) groups is 1. The molecule has 2 aromatic rings. The summed E-state index contributed by atoms with van der Waals surface area (Å²) in [4.78, 5) is 14.7. The second-order valence-electron chi connectivity index (χ2n) is 4.72. The van der Waals surface area contributed by atoms with Gasteiger partial charge < -0.3 is 4.90 Å². The summed E-state index contributed by atoms with van der Waals surface area (Å²) < 4.78 is 0.804. The highest BCUT2D eigenvalue weighted by Gasteiger charge is 2.20. The molecule has 4 heteroatoms. The van der Waals surface area contributed by atoms with Crippen LogP contribution in [0.15, 0.2) is 30.3 Å². The molecular formula is C15H14ClNOS. The Morgan fingerprint density at radius 1 is 1.32 bits per heavy atom. The molecule has 0 N–H and O–H groups in total. The van der Waals surface area contributed by atoms with Crippen molar-refractivity contribution in [1.82, 2.24) is 0 Å². The Morgan fingerprint density at radius 2 is 2.16 bits per heavy atom. The molecule has 1 aromatic heterocycles. The summed E-state index contributed by atoms with van der Waals surface area (Å²) in [7, 11) is 0. The fourth-order valence-corrected chi connectivity index (χ4v) is 3.59. The predicted molar refractivity (Wildman–Crippen MR) is 81.1 cm³/mol. The van der Waals surface area contributed by atoms with Gasteiger partial charge in [0.25, 0.3) is 0 Å². The summed E-state index contributed by atoms with van der Waals surface area (Å²) in [5, 5.41) is 0. The van der Waals surface area contributed by atoms with Crippen LogP contribution in [-0.2, 0) is 11.2 Å². The van der Waals surface area contributed by atoms with Crippen LogP contribution in [0.2, 0.25) is 4.34 Å². The third kappa shape index (κ3) is 2.40. The van der Waals surface area contributed by atoms with Crippen molar-refractivity contribution < 1.29 is 4.79 Å². The molecule has 0 fully saturated rings. The predicted octanol–water partition coefficient (Wildman–Crippen LogP) is 4.37. The Kier molecular flexibility index (Phi) is 3.33. The van der Waals surface area contributed by atoms with Gasteiger partial charge in [0, 0.05) is 24.0 Å². The van der Waals surface area contributed by atoms with Crippen molar-refractivity contribution in [2.24, 2.45) is 0 Å². The molecular weight excluding hydrogens is 278 g/mol. The van der Waals surface area contributed by atoms with Crippen LogP contribution in [-0.4, -0.2) is 12.5 Å². The number of anilines is 1. The topological polar surface area (TPSA) is 20.3 Å². The van der Waals surface area contributed by atoms with Crippen LogP contribution >= 0.6 is 22.9 Å². The monoisotopic (exact) mass is 291 g/mol. The van der Waals surface area contributed by atoms with Gasteiger partial charge in [-0.05, 0) is 48.2 Å². The molecule has 0 saturated carbocycles. The number of nitrogens with zero attached hydrogens (tertiary/aromatic N) is 1. The molecule has 0 bridgehead atoms. The van der Waals surface area contributed by atoms with Gasteiger partial charge in [-0.25, -0.2) is 0 Å². The smallest absolute Gasteiger partial charge is 0.223 e. The average Bonchev–Trinajstić information content (AvgIpc) is 2.84. The Bertz CT molecular complexity index is 635. The van der Waals surface area contributed by atoms with Gasteiger partial charge in [0.1, 0.15) is 0 Å². The van der Waals surface area contributed by atoms with Crippen molar-refractivity contribution in [2.75, 3.05) is 11.4 Å². The molecule has 0 unspecified atom stereocenters. The van der Waals surface area contributed by atoms with Crippen LogP contribution in [0, 0.1) is 0 Å². The zero-order chi connectivity index (χ0) is 13.4. The van der Waals surface area contributed by atoms with Gasteiger partial charge in [-0.3, -0.25) is 4.79 Å². The van der Waals surface area contributed by atoms with E-state index >= 15 is 0 Å². The molecule has 1 aliphatic rings. The van der Waals surface area contributed by atoms with Gasteiger partial charge in [-0.15, -0.1) is 11.3 Å². The van der Waals surface area contributed by atoms with E-state index in [1.807, 2.05) is 17.0 Å². The maximum Gasteiger partial charge on any atom is 0.223 e. The quantitative estimate of drug-likeness (QED) is 0.764. The number of carbonyl (C=O) groups excluding carboxylic acids is 1. The van der Waals surface area contributed by atoms with E-state index in [-0.39, 0.29) is 5.91 Å². The minimum Gasteiger partial charge on any atom is -0.312 e. The van der Waals surface area contributed by atoms with Crippen LogP contribution in [0.4, 0.5) is 5.69 Å². The largest absolute Gasteiger partial charge is 0.312 e. The SMILES string of the molecule is CC(=O)N1CCCc2cc(-c3ccc(Cl)s3)ccc21. The highest BCUT2D eigenvalue weighted by Crippen LogP contribution is 2.35. The lowest BCUT2D eigenvalue weighted by molar-refractivity contribution is -0.116. The standard InChI is InChI=1S/C15H14ClNOS/c1-10(18)17-8-2-3-11-9-12(4-5-13(11)17)14-6-7-15(16)19-14/h4-7,9H,2-3,8H2,1H3. The average molecular weight is 292 g/mol. The third-order valence-electron chi connectivity index (χ3n) is 3.44. The zero-order valence-electron chi connectivity index (χ0n) is 10.6. The van der Waals surface area contributed by atoms with Crippen molar-refractivity contribution >= 4 is 34.5 Å². The van der Waals surface area contributed by atoms with E-state index in [1.165, 1.54) is 16.0 Å². The van der Waals surface area contributed by atoms with Gasteiger partial charge in [-0.2, -0.15) is 0 Å². The molecule has 0 radical (unpaired) electrons. The van der Waals surface area contributed by atoms with Gasteiger partial charge in [-0.1, -0.05) is 17.7 Å². The highest BCUT2D eigenvalue weighted by atomic mass is 35.5. The van der Waals surface area contributed by atoms with Gasteiger partial charge in [0.05, 0.1) is 4.34 Å². The highest BCUT2D eigenvalue weighted by molar-refractivity contribution is 7.19. The Labute approximate surface area is 121 Å². The first-order chi connectivity index (χ1) is 9.15. The third-order valence-corrected chi connectivity index (χ3v) is 4.72. The second-order valence-corrected chi connectivity index (χ2v) is 6.44. The van der Waals surface area contributed by atoms with Crippen LogP contribution in [0.1, 0.15) is 18.9 Å². The summed E-state index contributed by atoms with van der Waals surface area (Å²) in [6, 6.07) is 10.3. The lowest BCUT2D eigenvalue weighted by Crippen LogP contribution is -2.33. The number of fused-ring (bicyclic) bond motifs is 1. The van der Waals surface area contributed by atoms with Crippen LogP contribution in [0.25, 0.3) is 10.4 Å². The Morgan fingerprint density at radius 3 is 2.84 bits per heavy atom. The zero-order valence-corrected chi connectivity index (χ0v) is 12.2. The maximum absolute atomic E-state index is 11.6. The van der Waals surface area contributed by atoms with E-state index in [0.29, 0.717) is 0 Å². The molecule has 0 aliphatic carbocycles. The first kappa shape index (κ1) is 12.7. The summed E-state index contributed by atoms with van der Waals surface area (Å²) in [6.45, 7) is 2.45. The Balaban J connectivity index is 2.02. The van der Waals surface area contributed by atoms with Gasteiger partial charge in [0.15, 0.2) is 0 Å². The first-order valence-electron chi connectivity index (χ1n) is 6.32. The van der Waals surface area contributed by atoms with Crippen molar-refractivity contribution in [3.63, 3.8) is 0 Å². The van der Waals surface area contributed by atoms with E-state index in [0.717, 1.165) is 29.4 Å². The minimum atomic E-state index is 0.118. The molecule has 0 saturated heterocycles. The molecule has 3 rings (SSSR count). The molecule has 0 spiro atoms. The fourth-order valence-electron chi connectivity index (χ4n) is 2.55. The minimum absolute atomic E-state index is 0.118.